The molecule has 1 unspecified atom stereocenters. The van der Waals surface area contributed by atoms with Gasteiger partial charge in [0, 0.05) is 36.9 Å². The molecule has 1 atom stereocenters. The molecule has 0 saturated carbocycles. The highest BCUT2D eigenvalue weighted by molar-refractivity contribution is 7.89. The molecule has 2 N–H and O–H groups in total. The standard InChI is InChI=1S/C29H34ClN3O5S/c1-29(2,3)38-28(34)32-17-16-22(19-32)20-33(18-21-4-14-27(15-5-21)39(31,35)36)24-8-12-26(13-9-24)37-25-10-6-23(30)7-11-25/h4-15,22H,16-20H2,1-3H3,(H2,31,35,36). The number of primary sulfonamides is 1. The van der Waals surface area contributed by atoms with Crippen molar-refractivity contribution < 1.29 is 22.7 Å². The van der Waals surface area contributed by atoms with Crippen molar-refractivity contribution in [2.45, 2.75) is 44.2 Å². The van der Waals surface area contributed by atoms with Gasteiger partial charge in [0.2, 0.25) is 10.0 Å². The number of benzene rings is 3. The minimum Gasteiger partial charge on any atom is -0.457 e. The van der Waals surface area contributed by atoms with Crippen LogP contribution in [0.25, 0.3) is 0 Å². The maximum atomic E-state index is 12.6. The largest absolute Gasteiger partial charge is 0.457 e. The maximum absolute atomic E-state index is 12.6. The monoisotopic (exact) mass is 571 g/mol. The number of rotatable bonds is 8. The quantitative estimate of drug-likeness (QED) is 0.353. The molecule has 39 heavy (non-hydrogen) atoms. The molecule has 3 aromatic rings. The fraction of sp³-hybridized carbons (Fsp3) is 0.345. The average molecular weight is 572 g/mol. The third-order valence-corrected chi connectivity index (χ3v) is 7.47. The second-order valence-corrected chi connectivity index (χ2v) is 12.7. The summed E-state index contributed by atoms with van der Waals surface area (Å²) in [4.78, 5) is 16.6. The number of hydrogen-bond donors (Lipinski definition) is 1. The first-order valence-electron chi connectivity index (χ1n) is 12.7. The van der Waals surface area contributed by atoms with Crippen molar-refractivity contribution in [3.8, 4) is 11.5 Å². The molecule has 1 aliphatic rings. The molecule has 1 fully saturated rings. The lowest BCUT2D eigenvalue weighted by Gasteiger charge is -2.29. The molecule has 0 aromatic heterocycles. The van der Waals surface area contributed by atoms with Crippen LogP contribution in [0.15, 0.2) is 77.7 Å². The van der Waals surface area contributed by atoms with Crippen LogP contribution in [0.1, 0.15) is 32.8 Å². The molecule has 4 rings (SSSR count). The maximum Gasteiger partial charge on any atom is 0.410 e. The van der Waals surface area contributed by atoms with Crippen molar-refractivity contribution in [3.63, 3.8) is 0 Å². The number of sulfonamides is 1. The van der Waals surface area contributed by atoms with Gasteiger partial charge in [0.25, 0.3) is 0 Å². The molecule has 1 heterocycles. The van der Waals surface area contributed by atoms with Gasteiger partial charge < -0.3 is 19.3 Å². The number of anilines is 1. The van der Waals surface area contributed by atoms with E-state index in [0.717, 1.165) is 17.7 Å². The summed E-state index contributed by atoms with van der Waals surface area (Å²) in [6.07, 6.45) is 0.566. The Hall–Kier alpha value is -3.27. The summed E-state index contributed by atoms with van der Waals surface area (Å²) in [6, 6.07) is 21.5. The molecule has 0 radical (unpaired) electrons. The van der Waals surface area contributed by atoms with E-state index in [1.807, 2.05) is 57.2 Å². The van der Waals surface area contributed by atoms with E-state index in [9.17, 15) is 13.2 Å². The first-order chi connectivity index (χ1) is 18.4. The predicted molar refractivity (Wildman–Crippen MR) is 153 cm³/mol. The normalized spacial score (nSPS) is 15.7. The van der Waals surface area contributed by atoms with E-state index in [-0.39, 0.29) is 16.9 Å². The van der Waals surface area contributed by atoms with E-state index in [4.69, 9.17) is 26.2 Å². The minimum absolute atomic E-state index is 0.0743. The van der Waals surface area contributed by atoms with Gasteiger partial charge in [0.1, 0.15) is 17.1 Å². The van der Waals surface area contributed by atoms with Gasteiger partial charge in [-0.1, -0.05) is 23.7 Å². The van der Waals surface area contributed by atoms with E-state index >= 15 is 0 Å². The van der Waals surface area contributed by atoms with E-state index in [1.165, 1.54) is 12.1 Å². The van der Waals surface area contributed by atoms with E-state index in [2.05, 4.69) is 4.90 Å². The number of halogens is 1. The second kappa shape index (κ2) is 11.9. The molecule has 1 aliphatic heterocycles. The molecular weight excluding hydrogens is 538 g/mol. The van der Waals surface area contributed by atoms with Gasteiger partial charge in [-0.3, -0.25) is 0 Å². The number of amides is 1. The molecule has 0 spiro atoms. The molecule has 10 heteroatoms. The molecule has 3 aromatic carbocycles. The SMILES string of the molecule is CC(C)(C)OC(=O)N1CCC(CN(Cc2ccc(S(N)(=O)=O)cc2)c2ccc(Oc3ccc(Cl)cc3)cc2)C1. The lowest BCUT2D eigenvalue weighted by Crippen LogP contribution is -2.36. The number of likely N-dealkylation sites (tertiary alicyclic amines) is 1. The number of carbonyl (C=O) groups is 1. The summed E-state index contributed by atoms with van der Waals surface area (Å²) in [5.41, 5.74) is 1.37. The van der Waals surface area contributed by atoms with Crippen molar-refractivity contribution in [2.75, 3.05) is 24.5 Å². The third-order valence-electron chi connectivity index (χ3n) is 6.29. The number of carbonyl (C=O) groups excluding carboxylic acids is 1. The Bertz CT molecular complexity index is 1370. The Morgan fingerprint density at radius 3 is 2.15 bits per heavy atom. The van der Waals surface area contributed by atoms with Gasteiger partial charge in [0.15, 0.2) is 0 Å². The Morgan fingerprint density at radius 1 is 1.00 bits per heavy atom. The third kappa shape index (κ3) is 8.36. The van der Waals surface area contributed by atoms with Crippen molar-refractivity contribution in [2.24, 2.45) is 11.1 Å². The van der Waals surface area contributed by atoms with Crippen molar-refractivity contribution >= 4 is 33.4 Å². The topological polar surface area (TPSA) is 102 Å². The van der Waals surface area contributed by atoms with Crippen LogP contribution in [-0.2, 0) is 21.3 Å². The van der Waals surface area contributed by atoms with Crippen LogP contribution in [0.5, 0.6) is 11.5 Å². The van der Waals surface area contributed by atoms with Crippen LogP contribution in [0.2, 0.25) is 5.02 Å². The number of ether oxygens (including phenoxy) is 2. The highest BCUT2D eigenvalue weighted by atomic mass is 35.5. The average Bonchev–Trinajstić information content (AvgIpc) is 3.33. The molecule has 8 nitrogen and oxygen atoms in total. The summed E-state index contributed by atoms with van der Waals surface area (Å²) in [5.74, 6) is 1.62. The Labute approximate surface area is 235 Å². The van der Waals surface area contributed by atoms with Crippen LogP contribution in [0.3, 0.4) is 0 Å². The van der Waals surface area contributed by atoms with Gasteiger partial charge in [-0.2, -0.15) is 0 Å². The zero-order chi connectivity index (χ0) is 28.2. The van der Waals surface area contributed by atoms with Gasteiger partial charge >= 0.3 is 6.09 Å². The molecular formula is C29H34ClN3O5S. The lowest BCUT2D eigenvalue weighted by molar-refractivity contribution is 0.0288. The van der Waals surface area contributed by atoms with E-state index in [0.29, 0.717) is 42.7 Å². The van der Waals surface area contributed by atoms with Crippen LogP contribution >= 0.6 is 11.6 Å². The van der Waals surface area contributed by atoms with Gasteiger partial charge in [-0.15, -0.1) is 0 Å². The number of nitrogens with zero attached hydrogens (tertiary/aromatic N) is 2. The fourth-order valence-electron chi connectivity index (χ4n) is 4.42. The lowest BCUT2D eigenvalue weighted by atomic mass is 10.1. The molecule has 0 aliphatic carbocycles. The summed E-state index contributed by atoms with van der Waals surface area (Å²) in [7, 11) is -3.76. The highest BCUT2D eigenvalue weighted by Gasteiger charge is 2.31. The van der Waals surface area contributed by atoms with Crippen molar-refractivity contribution in [1.29, 1.82) is 0 Å². The summed E-state index contributed by atoms with van der Waals surface area (Å²) in [6.45, 7) is 8.09. The summed E-state index contributed by atoms with van der Waals surface area (Å²) < 4.78 is 34.8. The number of hydrogen-bond acceptors (Lipinski definition) is 6. The first-order valence-corrected chi connectivity index (χ1v) is 14.7. The molecule has 208 valence electrons. The van der Waals surface area contributed by atoms with Gasteiger partial charge in [-0.25, -0.2) is 18.4 Å². The van der Waals surface area contributed by atoms with Crippen LogP contribution in [0.4, 0.5) is 10.5 Å². The zero-order valence-corrected chi connectivity index (χ0v) is 23.9. The minimum atomic E-state index is -3.76. The van der Waals surface area contributed by atoms with Crippen molar-refractivity contribution in [1.82, 2.24) is 4.90 Å². The van der Waals surface area contributed by atoms with Gasteiger partial charge in [-0.05, 0) is 99.3 Å². The highest BCUT2D eigenvalue weighted by Crippen LogP contribution is 2.29. The Morgan fingerprint density at radius 2 is 1.59 bits per heavy atom. The zero-order valence-electron chi connectivity index (χ0n) is 22.3. The molecule has 1 amide bonds. The molecule has 0 bridgehead atoms. The Balaban J connectivity index is 1.50. The van der Waals surface area contributed by atoms with Gasteiger partial charge in [0.05, 0.1) is 4.90 Å². The van der Waals surface area contributed by atoms with Crippen LogP contribution < -0.4 is 14.8 Å². The first kappa shape index (κ1) is 28.7. The summed E-state index contributed by atoms with van der Waals surface area (Å²) >= 11 is 5.97. The summed E-state index contributed by atoms with van der Waals surface area (Å²) in [5, 5.41) is 5.90. The fourth-order valence-corrected chi connectivity index (χ4v) is 5.06. The van der Waals surface area contributed by atoms with Crippen LogP contribution in [0, 0.1) is 5.92 Å². The van der Waals surface area contributed by atoms with Crippen LogP contribution in [-0.4, -0.2) is 44.6 Å². The molecule has 1 saturated heterocycles. The second-order valence-electron chi connectivity index (χ2n) is 10.7. The predicted octanol–water partition coefficient (Wildman–Crippen LogP) is 6.04. The smallest absolute Gasteiger partial charge is 0.410 e. The van der Waals surface area contributed by atoms with E-state index < -0.39 is 15.6 Å². The number of nitrogens with two attached hydrogens (primary N) is 1. The van der Waals surface area contributed by atoms with Crippen molar-refractivity contribution in [3.05, 3.63) is 83.4 Å². The van der Waals surface area contributed by atoms with E-state index in [1.54, 1.807) is 29.2 Å². The Kier molecular flexibility index (Phi) is 8.73.